The summed E-state index contributed by atoms with van der Waals surface area (Å²) < 4.78 is 6.86. The standard InChI is InChI=1S/C25H25N5O2/c1-17-9-7-8-12-22(17)23(31)27-25-28-24(26-18(2)19-10-5-4-6-11-19)29-30(25)20-13-15-21(32-3)16-14-20/h4-16,18H,1-3H3,(H2,26,27,28,29,31)/t18-/m0/s1. The Morgan fingerprint density at radius 2 is 1.66 bits per heavy atom. The van der Waals surface area contributed by atoms with Crippen LogP contribution in [-0.2, 0) is 0 Å². The second-order valence-electron chi connectivity index (χ2n) is 7.41. The van der Waals surface area contributed by atoms with E-state index in [4.69, 9.17) is 4.74 Å². The van der Waals surface area contributed by atoms with Gasteiger partial charge in [0, 0.05) is 5.56 Å². The summed E-state index contributed by atoms with van der Waals surface area (Å²) in [7, 11) is 1.62. The summed E-state index contributed by atoms with van der Waals surface area (Å²) in [4.78, 5) is 17.5. The lowest BCUT2D eigenvalue weighted by Gasteiger charge is -2.12. The molecular weight excluding hydrogens is 402 g/mol. The highest BCUT2D eigenvalue weighted by Gasteiger charge is 2.18. The number of ether oxygens (including phenoxy) is 1. The van der Waals surface area contributed by atoms with Gasteiger partial charge in [-0.2, -0.15) is 9.67 Å². The van der Waals surface area contributed by atoms with Crippen LogP contribution in [0.3, 0.4) is 0 Å². The highest BCUT2D eigenvalue weighted by molar-refractivity contribution is 6.04. The van der Waals surface area contributed by atoms with Gasteiger partial charge in [0.1, 0.15) is 5.75 Å². The van der Waals surface area contributed by atoms with Crippen LogP contribution < -0.4 is 15.4 Å². The number of anilines is 2. The molecule has 0 aliphatic heterocycles. The topological polar surface area (TPSA) is 81.1 Å². The van der Waals surface area contributed by atoms with Gasteiger partial charge in [-0.1, -0.05) is 48.5 Å². The Balaban J connectivity index is 1.66. The molecule has 0 saturated carbocycles. The lowest BCUT2D eigenvalue weighted by molar-refractivity contribution is 0.102. The molecule has 7 nitrogen and oxygen atoms in total. The molecule has 3 aromatic carbocycles. The smallest absolute Gasteiger partial charge is 0.258 e. The highest BCUT2D eigenvalue weighted by atomic mass is 16.5. The van der Waals surface area contributed by atoms with Crippen LogP contribution in [0.1, 0.15) is 34.5 Å². The largest absolute Gasteiger partial charge is 0.497 e. The monoisotopic (exact) mass is 427 g/mol. The molecule has 32 heavy (non-hydrogen) atoms. The van der Waals surface area contributed by atoms with Gasteiger partial charge in [0.2, 0.25) is 11.9 Å². The van der Waals surface area contributed by atoms with Crippen LogP contribution >= 0.6 is 0 Å². The Labute approximate surface area is 187 Å². The van der Waals surface area contributed by atoms with E-state index in [-0.39, 0.29) is 11.9 Å². The highest BCUT2D eigenvalue weighted by Crippen LogP contribution is 2.23. The third-order valence-corrected chi connectivity index (χ3v) is 5.18. The minimum absolute atomic E-state index is 0.0113. The maximum Gasteiger partial charge on any atom is 0.258 e. The van der Waals surface area contributed by atoms with Crippen LogP contribution in [0.5, 0.6) is 5.75 Å². The predicted octanol–water partition coefficient (Wildman–Crippen LogP) is 5.01. The minimum Gasteiger partial charge on any atom is -0.497 e. The van der Waals surface area contributed by atoms with Crippen LogP contribution in [0.15, 0.2) is 78.9 Å². The maximum absolute atomic E-state index is 12.9. The number of amides is 1. The lowest BCUT2D eigenvalue weighted by atomic mass is 10.1. The van der Waals surface area contributed by atoms with Crippen LogP contribution in [-0.4, -0.2) is 27.8 Å². The summed E-state index contributed by atoms with van der Waals surface area (Å²) in [6, 6.07) is 24.9. The van der Waals surface area contributed by atoms with E-state index >= 15 is 0 Å². The van der Waals surface area contributed by atoms with E-state index in [9.17, 15) is 4.79 Å². The molecule has 7 heteroatoms. The second kappa shape index (κ2) is 9.34. The van der Waals surface area contributed by atoms with Crippen molar-refractivity contribution >= 4 is 17.8 Å². The summed E-state index contributed by atoms with van der Waals surface area (Å²) >= 11 is 0. The number of carbonyl (C=O) groups is 1. The van der Waals surface area contributed by atoms with Gasteiger partial charge in [-0.15, -0.1) is 5.10 Å². The van der Waals surface area contributed by atoms with E-state index in [1.54, 1.807) is 17.9 Å². The number of methoxy groups -OCH3 is 1. The molecule has 1 heterocycles. The molecule has 0 saturated heterocycles. The number of aryl methyl sites for hydroxylation is 1. The Bertz CT molecular complexity index is 1200. The molecule has 4 aromatic rings. The predicted molar refractivity (Wildman–Crippen MR) is 126 cm³/mol. The summed E-state index contributed by atoms with van der Waals surface area (Å²) in [5, 5.41) is 10.8. The van der Waals surface area contributed by atoms with Gasteiger partial charge < -0.3 is 10.1 Å². The molecule has 0 unspecified atom stereocenters. The van der Waals surface area contributed by atoms with Gasteiger partial charge in [0.05, 0.1) is 18.8 Å². The summed E-state index contributed by atoms with van der Waals surface area (Å²) in [6.07, 6.45) is 0. The normalized spacial score (nSPS) is 11.6. The van der Waals surface area contributed by atoms with E-state index in [1.807, 2.05) is 86.6 Å². The van der Waals surface area contributed by atoms with Crippen molar-refractivity contribution in [3.8, 4) is 11.4 Å². The number of carbonyl (C=O) groups excluding carboxylic acids is 1. The first kappa shape index (κ1) is 21.1. The van der Waals surface area contributed by atoms with Crippen molar-refractivity contribution in [2.24, 2.45) is 0 Å². The van der Waals surface area contributed by atoms with Crippen molar-refractivity contribution < 1.29 is 9.53 Å². The Kier molecular flexibility index (Phi) is 6.17. The van der Waals surface area contributed by atoms with Gasteiger partial charge in [0.15, 0.2) is 0 Å². The van der Waals surface area contributed by atoms with E-state index in [1.165, 1.54) is 0 Å². The molecule has 2 N–H and O–H groups in total. The van der Waals surface area contributed by atoms with Crippen molar-refractivity contribution in [3.05, 3.63) is 95.6 Å². The number of benzene rings is 3. The quantitative estimate of drug-likeness (QED) is 0.433. The van der Waals surface area contributed by atoms with Gasteiger partial charge in [-0.3, -0.25) is 10.1 Å². The Morgan fingerprint density at radius 1 is 0.969 bits per heavy atom. The van der Waals surface area contributed by atoms with Crippen molar-refractivity contribution in [1.82, 2.24) is 14.8 Å². The number of rotatable bonds is 7. The maximum atomic E-state index is 12.9. The summed E-state index contributed by atoms with van der Waals surface area (Å²) in [5.74, 6) is 1.23. The van der Waals surface area contributed by atoms with Crippen LogP contribution in [0.25, 0.3) is 5.69 Å². The zero-order chi connectivity index (χ0) is 22.5. The fourth-order valence-corrected chi connectivity index (χ4v) is 3.37. The summed E-state index contributed by atoms with van der Waals surface area (Å²) in [5.41, 5.74) is 3.33. The van der Waals surface area contributed by atoms with Gasteiger partial charge in [0.25, 0.3) is 5.91 Å². The number of nitrogens with one attached hydrogen (secondary N) is 2. The minimum atomic E-state index is -0.243. The molecule has 4 rings (SSSR count). The first-order valence-corrected chi connectivity index (χ1v) is 10.3. The first-order chi connectivity index (χ1) is 15.5. The number of hydrogen-bond donors (Lipinski definition) is 2. The van der Waals surface area contributed by atoms with Crippen LogP contribution in [0.2, 0.25) is 0 Å². The lowest BCUT2D eigenvalue weighted by Crippen LogP contribution is -2.17. The van der Waals surface area contributed by atoms with Crippen molar-refractivity contribution in [2.45, 2.75) is 19.9 Å². The summed E-state index contributed by atoms with van der Waals surface area (Å²) in [6.45, 7) is 3.94. The molecule has 162 valence electrons. The zero-order valence-electron chi connectivity index (χ0n) is 18.2. The van der Waals surface area contributed by atoms with E-state index in [0.29, 0.717) is 17.5 Å². The number of nitrogens with zero attached hydrogens (tertiary/aromatic N) is 3. The Hall–Kier alpha value is -4.13. The molecular formula is C25H25N5O2. The van der Waals surface area contributed by atoms with Gasteiger partial charge in [-0.05, 0) is 55.3 Å². The Morgan fingerprint density at radius 3 is 2.34 bits per heavy atom. The average molecular weight is 428 g/mol. The molecule has 0 aliphatic carbocycles. The molecule has 1 aromatic heterocycles. The van der Waals surface area contributed by atoms with Gasteiger partial charge in [-0.25, -0.2) is 0 Å². The number of hydrogen-bond acceptors (Lipinski definition) is 5. The van der Waals surface area contributed by atoms with Crippen molar-refractivity contribution in [1.29, 1.82) is 0 Å². The fourth-order valence-electron chi connectivity index (χ4n) is 3.37. The fraction of sp³-hybridized carbons (Fsp3) is 0.160. The SMILES string of the molecule is COc1ccc(-n2nc(N[C@@H](C)c3ccccc3)nc2NC(=O)c2ccccc2C)cc1. The van der Waals surface area contributed by atoms with Crippen molar-refractivity contribution in [3.63, 3.8) is 0 Å². The van der Waals surface area contributed by atoms with Gasteiger partial charge >= 0.3 is 0 Å². The molecule has 0 fully saturated rings. The van der Waals surface area contributed by atoms with E-state index in [0.717, 1.165) is 22.6 Å². The molecule has 1 atom stereocenters. The van der Waals surface area contributed by atoms with E-state index in [2.05, 4.69) is 20.7 Å². The molecule has 0 radical (unpaired) electrons. The second-order valence-corrected chi connectivity index (χ2v) is 7.41. The molecule has 0 aliphatic rings. The van der Waals surface area contributed by atoms with Crippen LogP contribution in [0.4, 0.5) is 11.9 Å². The third kappa shape index (κ3) is 4.62. The number of aromatic nitrogens is 3. The molecule has 0 spiro atoms. The molecule has 0 bridgehead atoms. The molecule has 1 amide bonds. The first-order valence-electron chi connectivity index (χ1n) is 10.3. The zero-order valence-corrected chi connectivity index (χ0v) is 18.2. The van der Waals surface area contributed by atoms with Crippen molar-refractivity contribution in [2.75, 3.05) is 17.7 Å². The van der Waals surface area contributed by atoms with Crippen LogP contribution in [0, 0.1) is 6.92 Å². The third-order valence-electron chi connectivity index (χ3n) is 5.18. The average Bonchev–Trinajstić information content (AvgIpc) is 3.21. The van der Waals surface area contributed by atoms with E-state index < -0.39 is 0 Å².